The van der Waals surface area contributed by atoms with Gasteiger partial charge in [0.15, 0.2) is 0 Å². The summed E-state index contributed by atoms with van der Waals surface area (Å²) in [6, 6.07) is 5.20. The fourth-order valence-corrected chi connectivity index (χ4v) is 2.35. The molecule has 3 N–H and O–H groups in total. The summed E-state index contributed by atoms with van der Waals surface area (Å²) >= 11 is 5.97. The third-order valence-corrected chi connectivity index (χ3v) is 3.51. The molecule has 1 heterocycles. The Bertz CT molecular complexity index is 563. The van der Waals surface area contributed by atoms with Crippen LogP contribution in [0.3, 0.4) is 0 Å². The second-order valence-electron chi connectivity index (χ2n) is 4.66. The van der Waals surface area contributed by atoms with Crippen LogP contribution in [0, 0.1) is 17.8 Å². The number of ether oxygens (including phenoxy) is 1. The maximum absolute atomic E-state index is 12.3. The quantitative estimate of drug-likeness (QED) is 0.820. The van der Waals surface area contributed by atoms with Crippen molar-refractivity contribution in [3.63, 3.8) is 0 Å². The number of nitrogens with one attached hydrogen (secondary N) is 1. The molecule has 1 saturated heterocycles. The Kier molecular flexibility index (Phi) is 5.02. The molecule has 1 fully saturated rings. The van der Waals surface area contributed by atoms with Crippen molar-refractivity contribution >= 4 is 23.2 Å². The van der Waals surface area contributed by atoms with Gasteiger partial charge in [-0.05, 0) is 31.5 Å². The van der Waals surface area contributed by atoms with E-state index in [9.17, 15) is 4.79 Å². The number of benzene rings is 1. The van der Waals surface area contributed by atoms with Crippen molar-refractivity contribution in [2.24, 2.45) is 11.7 Å². The molecule has 0 spiro atoms. The maximum Gasteiger partial charge on any atom is 0.230 e. The van der Waals surface area contributed by atoms with Gasteiger partial charge in [0.25, 0.3) is 0 Å². The van der Waals surface area contributed by atoms with E-state index in [-0.39, 0.29) is 24.5 Å². The van der Waals surface area contributed by atoms with Crippen molar-refractivity contribution in [1.29, 1.82) is 0 Å². The van der Waals surface area contributed by atoms with Crippen LogP contribution in [0.4, 0.5) is 5.69 Å². The number of rotatable bonds is 2. The summed E-state index contributed by atoms with van der Waals surface area (Å²) in [4.78, 5) is 12.3. The minimum Gasteiger partial charge on any atom is -0.378 e. The second kappa shape index (κ2) is 6.76. The molecule has 1 amide bonds. The van der Waals surface area contributed by atoms with Crippen LogP contribution in [-0.2, 0) is 9.53 Å². The van der Waals surface area contributed by atoms with Crippen LogP contribution in [-0.4, -0.2) is 25.2 Å². The Morgan fingerprint density at radius 3 is 3.05 bits per heavy atom. The first-order chi connectivity index (χ1) is 9.61. The van der Waals surface area contributed by atoms with Crippen molar-refractivity contribution < 1.29 is 9.53 Å². The Labute approximate surface area is 123 Å². The van der Waals surface area contributed by atoms with E-state index in [1.54, 1.807) is 18.2 Å². The molecule has 0 radical (unpaired) electrons. The van der Waals surface area contributed by atoms with Crippen LogP contribution in [0.25, 0.3) is 0 Å². The van der Waals surface area contributed by atoms with E-state index in [2.05, 4.69) is 17.2 Å². The first-order valence-electron chi connectivity index (χ1n) is 6.52. The van der Waals surface area contributed by atoms with E-state index in [1.807, 2.05) is 6.92 Å². The summed E-state index contributed by atoms with van der Waals surface area (Å²) in [5, 5.41) is 3.44. The highest BCUT2D eigenvalue weighted by Gasteiger charge is 2.30. The number of amides is 1. The van der Waals surface area contributed by atoms with Crippen LogP contribution in [0.2, 0.25) is 5.02 Å². The highest BCUT2D eigenvalue weighted by molar-refractivity contribution is 6.31. The van der Waals surface area contributed by atoms with E-state index < -0.39 is 0 Å². The van der Waals surface area contributed by atoms with Crippen molar-refractivity contribution in [2.75, 3.05) is 18.5 Å². The van der Waals surface area contributed by atoms with Gasteiger partial charge in [0, 0.05) is 17.2 Å². The molecule has 0 aromatic heterocycles. The highest BCUT2D eigenvalue weighted by atomic mass is 35.5. The molecule has 5 heteroatoms. The van der Waals surface area contributed by atoms with Gasteiger partial charge in [-0.15, -0.1) is 0 Å². The number of anilines is 1. The van der Waals surface area contributed by atoms with E-state index in [4.69, 9.17) is 22.1 Å². The summed E-state index contributed by atoms with van der Waals surface area (Å²) in [5.74, 6) is 5.51. The van der Waals surface area contributed by atoms with Gasteiger partial charge < -0.3 is 15.8 Å². The van der Waals surface area contributed by atoms with Crippen molar-refractivity contribution in [3.05, 3.63) is 28.8 Å². The van der Waals surface area contributed by atoms with Gasteiger partial charge in [0.1, 0.15) is 0 Å². The molecule has 20 heavy (non-hydrogen) atoms. The Balaban J connectivity index is 2.19. The molecule has 0 aliphatic carbocycles. The molecule has 0 bridgehead atoms. The predicted octanol–water partition coefficient (Wildman–Crippen LogP) is 2.01. The fraction of sp³-hybridized carbons (Fsp3) is 0.400. The summed E-state index contributed by atoms with van der Waals surface area (Å²) in [6.45, 7) is 2.79. The normalized spacial score (nSPS) is 21.1. The summed E-state index contributed by atoms with van der Waals surface area (Å²) < 4.78 is 5.41. The minimum atomic E-state index is -0.135. The zero-order chi connectivity index (χ0) is 14.5. The zero-order valence-electron chi connectivity index (χ0n) is 11.3. The Morgan fingerprint density at radius 2 is 2.40 bits per heavy atom. The van der Waals surface area contributed by atoms with E-state index in [1.165, 1.54) is 0 Å². The van der Waals surface area contributed by atoms with E-state index in [0.29, 0.717) is 22.9 Å². The minimum absolute atomic E-state index is 0.0620. The molecule has 2 atom stereocenters. The van der Waals surface area contributed by atoms with Crippen LogP contribution in [0.5, 0.6) is 0 Å². The first-order valence-corrected chi connectivity index (χ1v) is 6.90. The molecule has 0 saturated carbocycles. The number of hydrogen-bond donors (Lipinski definition) is 2. The van der Waals surface area contributed by atoms with Gasteiger partial charge in [0.2, 0.25) is 5.91 Å². The Morgan fingerprint density at radius 1 is 1.60 bits per heavy atom. The lowest BCUT2D eigenvalue weighted by Gasteiger charge is -2.15. The van der Waals surface area contributed by atoms with E-state index >= 15 is 0 Å². The molecule has 4 nitrogen and oxygen atoms in total. The van der Waals surface area contributed by atoms with Crippen molar-refractivity contribution in [3.8, 4) is 11.8 Å². The lowest BCUT2D eigenvalue weighted by molar-refractivity contribution is -0.121. The summed E-state index contributed by atoms with van der Waals surface area (Å²) in [6.07, 6.45) is 0.671. The predicted molar refractivity (Wildman–Crippen MR) is 79.5 cm³/mol. The summed E-state index contributed by atoms with van der Waals surface area (Å²) in [7, 11) is 0. The zero-order valence-corrected chi connectivity index (χ0v) is 12.0. The van der Waals surface area contributed by atoms with Crippen LogP contribution in [0.15, 0.2) is 18.2 Å². The van der Waals surface area contributed by atoms with Gasteiger partial charge in [-0.25, -0.2) is 0 Å². The average molecular weight is 293 g/mol. The number of carbonyl (C=O) groups excluding carboxylic acids is 1. The Hall–Kier alpha value is -1.54. The van der Waals surface area contributed by atoms with Gasteiger partial charge >= 0.3 is 0 Å². The van der Waals surface area contributed by atoms with Gasteiger partial charge in [0.05, 0.1) is 24.3 Å². The molecule has 1 aromatic rings. The second-order valence-corrected chi connectivity index (χ2v) is 5.09. The molecule has 1 aromatic carbocycles. The topological polar surface area (TPSA) is 64.3 Å². The number of nitrogens with two attached hydrogens (primary N) is 1. The highest BCUT2D eigenvalue weighted by Crippen LogP contribution is 2.25. The third kappa shape index (κ3) is 3.51. The SMILES string of the molecule is CC1OCCC1C(=O)Nc1cc(Cl)ccc1C#CCN. The monoisotopic (exact) mass is 292 g/mol. The average Bonchev–Trinajstić information content (AvgIpc) is 2.84. The van der Waals surface area contributed by atoms with Gasteiger partial charge in [-0.3, -0.25) is 4.79 Å². The first kappa shape index (κ1) is 14.9. The molecular formula is C15H17ClN2O2. The van der Waals surface area contributed by atoms with E-state index in [0.717, 1.165) is 6.42 Å². The third-order valence-electron chi connectivity index (χ3n) is 3.28. The largest absolute Gasteiger partial charge is 0.378 e. The van der Waals surface area contributed by atoms with Crippen molar-refractivity contribution in [2.45, 2.75) is 19.4 Å². The van der Waals surface area contributed by atoms with Crippen LogP contribution >= 0.6 is 11.6 Å². The van der Waals surface area contributed by atoms with Crippen molar-refractivity contribution in [1.82, 2.24) is 0 Å². The smallest absolute Gasteiger partial charge is 0.230 e. The molecular weight excluding hydrogens is 276 g/mol. The molecule has 2 rings (SSSR count). The number of carbonyl (C=O) groups is 1. The molecule has 1 aliphatic heterocycles. The standard InChI is InChI=1S/C15H17ClN2O2/c1-10-13(6-8-20-10)15(19)18-14-9-12(16)5-4-11(14)3-2-7-17/h4-5,9-10,13H,6-8,17H2,1H3,(H,18,19). The van der Waals surface area contributed by atoms with Crippen LogP contribution < -0.4 is 11.1 Å². The molecule has 1 aliphatic rings. The fourth-order valence-electron chi connectivity index (χ4n) is 2.18. The molecule has 106 valence electrons. The van der Waals surface area contributed by atoms with Gasteiger partial charge in [-0.1, -0.05) is 23.4 Å². The lowest BCUT2D eigenvalue weighted by atomic mass is 10.0. The number of halogens is 1. The molecule has 2 unspecified atom stereocenters. The van der Waals surface area contributed by atoms with Crippen LogP contribution in [0.1, 0.15) is 18.9 Å². The van der Waals surface area contributed by atoms with Gasteiger partial charge in [-0.2, -0.15) is 0 Å². The summed E-state index contributed by atoms with van der Waals surface area (Å²) in [5.41, 5.74) is 6.69. The number of hydrogen-bond acceptors (Lipinski definition) is 3. The maximum atomic E-state index is 12.3. The lowest BCUT2D eigenvalue weighted by Crippen LogP contribution is -2.28.